The Kier molecular flexibility index (Phi) is 5.81. The molecule has 1 aromatic carbocycles. The van der Waals surface area contributed by atoms with Crippen LogP contribution in [0.3, 0.4) is 0 Å². The number of hydrogen-bond acceptors (Lipinski definition) is 5. The van der Waals surface area contributed by atoms with Gasteiger partial charge in [-0.3, -0.25) is 9.59 Å². The van der Waals surface area contributed by atoms with Gasteiger partial charge in [0.05, 0.1) is 0 Å². The van der Waals surface area contributed by atoms with Crippen LogP contribution in [-0.2, 0) is 9.59 Å². The van der Waals surface area contributed by atoms with E-state index in [2.05, 4.69) is 10.2 Å². The summed E-state index contributed by atoms with van der Waals surface area (Å²) in [5.74, 6) is 0.842. The summed E-state index contributed by atoms with van der Waals surface area (Å²) in [6.07, 6.45) is 0.864. The molecule has 23 heavy (non-hydrogen) atoms. The topological polar surface area (TPSA) is 71.1 Å². The molecule has 2 amide bonds. The van der Waals surface area contributed by atoms with Crippen molar-refractivity contribution in [3.8, 4) is 11.5 Å². The largest absolute Gasteiger partial charge is 0.454 e. The average Bonchev–Trinajstić information content (AvgIpc) is 2.96. The van der Waals surface area contributed by atoms with Gasteiger partial charge in [-0.05, 0) is 39.2 Å². The lowest BCUT2D eigenvalue weighted by molar-refractivity contribution is -0.123. The number of carbonyl (C=O) groups is 2. The summed E-state index contributed by atoms with van der Waals surface area (Å²) in [6, 6.07) is 5.19. The first-order valence-corrected chi connectivity index (χ1v) is 7.56. The molecule has 1 heterocycles. The first kappa shape index (κ1) is 17.1. The summed E-state index contributed by atoms with van der Waals surface area (Å²) in [4.78, 5) is 27.4. The van der Waals surface area contributed by atoms with Gasteiger partial charge in [-0.25, -0.2) is 0 Å². The van der Waals surface area contributed by atoms with Crippen LogP contribution in [0, 0.1) is 0 Å². The molecule has 0 saturated carbocycles. The smallest absolute Gasteiger partial charge is 0.240 e. The third-order valence-electron chi connectivity index (χ3n) is 3.45. The van der Waals surface area contributed by atoms with E-state index in [9.17, 15) is 9.59 Å². The number of rotatable bonds is 7. The fraction of sp³-hybridized carbons (Fsp3) is 0.500. The maximum atomic E-state index is 12.0. The number of ether oxygens (including phenoxy) is 2. The molecular formula is C16H23N3O4. The molecule has 0 saturated heterocycles. The molecule has 7 nitrogen and oxygen atoms in total. The number of anilines is 1. The van der Waals surface area contributed by atoms with Crippen molar-refractivity contribution in [1.29, 1.82) is 0 Å². The maximum absolute atomic E-state index is 12.0. The predicted octanol–water partition coefficient (Wildman–Crippen LogP) is 0.836. The molecule has 0 aliphatic carbocycles. The van der Waals surface area contributed by atoms with Gasteiger partial charge in [-0.15, -0.1) is 0 Å². The summed E-state index contributed by atoms with van der Waals surface area (Å²) in [7, 11) is 3.97. The molecule has 0 aromatic heterocycles. The zero-order chi connectivity index (χ0) is 16.8. The Balaban J connectivity index is 1.93. The van der Waals surface area contributed by atoms with Crippen LogP contribution in [0.5, 0.6) is 11.5 Å². The summed E-state index contributed by atoms with van der Waals surface area (Å²) in [6.45, 7) is 3.08. The lowest BCUT2D eigenvalue weighted by Gasteiger charge is -2.21. The normalized spacial score (nSPS) is 12.3. The highest BCUT2D eigenvalue weighted by Gasteiger charge is 2.20. The lowest BCUT2D eigenvalue weighted by Crippen LogP contribution is -2.40. The second-order valence-corrected chi connectivity index (χ2v) is 5.65. The summed E-state index contributed by atoms with van der Waals surface area (Å²) < 4.78 is 10.6. The third-order valence-corrected chi connectivity index (χ3v) is 3.45. The lowest BCUT2D eigenvalue weighted by atomic mass is 10.2. The van der Waals surface area contributed by atoms with Crippen molar-refractivity contribution in [2.45, 2.75) is 13.3 Å². The van der Waals surface area contributed by atoms with E-state index in [4.69, 9.17) is 9.47 Å². The Bertz CT molecular complexity index is 574. The first-order chi connectivity index (χ1) is 11.0. The van der Waals surface area contributed by atoms with Gasteiger partial charge in [-0.1, -0.05) is 0 Å². The summed E-state index contributed by atoms with van der Waals surface area (Å²) in [5.41, 5.74) is 0.616. The number of hydrogen-bond donors (Lipinski definition) is 1. The van der Waals surface area contributed by atoms with Gasteiger partial charge in [0.15, 0.2) is 11.5 Å². The van der Waals surface area contributed by atoms with Gasteiger partial charge in [0.25, 0.3) is 0 Å². The van der Waals surface area contributed by atoms with E-state index >= 15 is 0 Å². The van der Waals surface area contributed by atoms with E-state index in [1.807, 2.05) is 14.1 Å². The molecule has 1 N–H and O–H groups in total. The molecule has 1 aromatic rings. The number of nitrogens with one attached hydrogen (secondary N) is 1. The van der Waals surface area contributed by atoms with E-state index in [-0.39, 0.29) is 25.2 Å². The molecule has 2 rings (SSSR count). The molecule has 0 fully saturated rings. The van der Waals surface area contributed by atoms with Crippen LogP contribution in [-0.4, -0.2) is 57.2 Å². The van der Waals surface area contributed by atoms with Crippen LogP contribution in [0.1, 0.15) is 13.3 Å². The molecule has 0 unspecified atom stereocenters. The third kappa shape index (κ3) is 4.85. The van der Waals surface area contributed by atoms with Crippen molar-refractivity contribution in [2.75, 3.05) is 45.4 Å². The highest BCUT2D eigenvalue weighted by Crippen LogP contribution is 2.35. The van der Waals surface area contributed by atoms with Crippen LogP contribution in [0.4, 0.5) is 5.69 Å². The van der Waals surface area contributed by atoms with Crippen molar-refractivity contribution in [1.82, 2.24) is 10.2 Å². The van der Waals surface area contributed by atoms with Crippen LogP contribution in [0.25, 0.3) is 0 Å². The minimum Gasteiger partial charge on any atom is -0.454 e. The molecule has 0 bridgehead atoms. The standard InChI is InChI=1S/C16H23N3O4/c1-12(20)19(10-16(21)17-7-4-8-18(2)3)13-5-6-14-15(9-13)23-11-22-14/h5-6,9H,4,7-8,10-11H2,1-3H3,(H,17,21). The van der Waals surface area contributed by atoms with Gasteiger partial charge in [0, 0.05) is 25.2 Å². The van der Waals surface area contributed by atoms with Gasteiger partial charge < -0.3 is 24.6 Å². The minimum absolute atomic E-state index is 0.0169. The zero-order valence-corrected chi connectivity index (χ0v) is 13.8. The second-order valence-electron chi connectivity index (χ2n) is 5.65. The van der Waals surface area contributed by atoms with Crippen LogP contribution >= 0.6 is 0 Å². The molecule has 1 aliphatic heterocycles. The quantitative estimate of drug-likeness (QED) is 0.754. The van der Waals surface area contributed by atoms with Gasteiger partial charge in [0.2, 0.25) is 18.6 Å². The van der Waals surface area contributed by atoms with Gasteiger partial charge in [-0.2, -0.15) is 0 Å². The molecule has 0 radical (unpaired) electrons. The van der Waals surface area contributed by atoms with E-state index in [1.54, 1.807) is 18.2 Å². The van der Waals surface area contributed by atoms with E-state index in [1.165, 1.54) is 11.8 Å². The maximum Gasteiger partial charge on any atom is 0.240 e. The number of benzene rings is 1. The number of fused-ring (bicyclic) bond motifs is 1. The molecular weight excluding hydrogens is 298 g/mol. The monoisotopic (exact) mass is 321 g/mol. The van der Waals surface area contributed by atoms with Gasteiger partial charge >= 0.3 is 0 Å². The van der Waals surface area contributed by atoms with E-state index < -0.39 is 0 Å². The first-order valence-electron chi connectivity index (χ1n) is 7.56. The van der Waals surface area contributed by atoms with Crippen LogP contribution in [0.2, 0.25) is 0 Å². The summed E-state index contributed by atoms with van der Waals surface area (Å²) in [5, 5.41) is 2.83. The van der Waals surface area contributed by atoms with Crippen LogP contribution in [0.15, 0.2) is 18.2 Å². The number of amides is 2. The van der Waals surface area contributed by atoms with Crippen molar-refractivity contribution in [3.05, 3.63) is 18.2 Å². The average molecular weight is 321 g/mol. The Morgan fingerprint density at radius 3 is 2.65 bits per heavy atom. The van der Waals surface area contributed by atoms with E-state index in [0.717, 1.165) is 13.0 Å². The molecule has 0 atom stereocenters. The predicted molar refractivity (Wildman–Crippen MR) is 86.8 cm³/mol. The SMILES string of the molecule is CC(=O)N(CC(=O)NCCCN(C)C)c1ccc2c(c1)OCO2. The number of carbonyl (C=O) groups excluding carboxylic acids is 2. The van der Waals surface area contributed by atoms with Crippen molar-refractivity contribution >= 4 is 17.5 Å². The Morgan fingerprint density at radius 1 is 1.22 bits per heavy atom. The van der Waals surface area contributed by atoms with Crippen LogP contribution < -0.4 is 19.7 Å². The van der Waals surface area contributed by atoms with Crippen molar-refractivity contribution in [3.63, 3.8) is 0 Å². The fourth-order valence-corrected chi connectivity index (χ4v) is 2.26. The Morgan fingerprint density at radius 2 is 1.96 bits per heavy atom. The van der Waals surface area contributed by atoms with E-state index in [0.29, 0.717) is 23.7 Å². The zero-order valence-electron chi connectivity index (χ0n) is 13.8. The van der Waals surface area contributed by atoms with Crippen molar-refractivity contribution in [2.24, 2.45) is 0 Å². The van der Waals surface area contributed by atoms with Gasteiger partial charge in [0.1, 0.15) is 6.54 Å². The molecule has 1 aliphatic rings. The Hall–Kier alpha value is -2.28. The second kappa shape index (κ2) is 7.82. The molecule has 126 valence electrons. The highest BCUT2D eigenvalue weighted by molar-refractivity contribution is 5.97. The number of nitrogens with zero attached hydrogens (tertiary/aromatic N) is 2. The van der Waals surface area contributed by atoms with Crippen molar-refractivity contribution < 1.29 is 19.1 Å². The molecule has 0 spiro atoms. The Labute approximate surface area is 136 Å². The summed E-state index contributed by atoms with van der Waals surface area (Å²) >= 11 is 0. The fourth-order valence-electron chi connectivity index (χ4n) is 2.26. The minimum atomic E-state index is -0.202. The molecule has 7 heteroatoms. The highest BCUT2D eigenvalue weighted by atomic mass is 16.7.